The van der Waals surface area contributed by atoms with Gasteiger partial charge < -0.3 is 27.9 Å². The fraction of sp³-hybridized carbons (Fsp3) is 0.977. The molecule has 0 bridgehead atoms. The average Bonchev–Trinajstić information content (AvgIpc) is 3.09. The maximum absolute atomic E-state index is 12.7. The van der Waals surface area contributed by atoms with Gasteiger partial charge in [-0.15, -0.1) is 0 Å². The van der Waals surface area contributed by atoms with Gasteiger partial charge in [-0.2, -0.15) is 0 Å². The molecule has 0 heterocycles. The van der Waals surface area contributed by atoms with E-state index < -0.39 is 13.9 Å². The quantitative estimate of drug-likeness (QED) is 0.0264. The summed E-state index contributed by atoms with van der Waals surface area (Å²) in [4.78, 5) is 25.0. The van der Waals surface area contributed by atoms with Crippen LogP contribution < -0.4 is 4.89 Å². The van der Waals surface area contributed by atoms with Crippen LogP contribution in [0.4, 0.5) is 0 Å². The van der Waals surface area contributed by atoms with Gasteiger partial charge in [0.2, 0.25) is 0 Å². The zero-order valence-electron chi connectivity index (χ0n) is 35.3. The van der Waals surface area contributed by atoms with E-state index in [1.807, 2.05) is 21.1 Å². The first kappa shape index (κ1) is 51.5. The Bertz CT molecular complexity index is 807. The minimum absolute atomic E-state index is 0.0314. The maximum Gasteiger partial charge on any atom is 0.306 e. The number of ether oxygens (including phenoxy) is 2. The van der Waals surface area contributed by atoms with Gasteiger partial charge in [0.25, 0.3) is 7.82 Å². The van der Waals surface area contributed by atoms with Crippen molar-refractivity contribution in [3.8, 4) is 0 Å². The Morgan fingerprint density at radius 3 is 1.27 bits per heavy atom. The van der Waals surface area contributed by atoms with Gasteiger partial charge in [0.1, 0.15) is 19.3 Å². The minimum Gasteiger partial charge on any atom is -0.756 e. The van der Waals surface area contributed by atoms with Crippen molar-refractivity contribution >= 4 is 13.8 Å². The monoisotopic (exact) mass is 762 g/mol. The Labute approximate surface area is 323 Å². The van der Waals surface area contributed by atoms with Gasteiger partial charge >= 0.3 is 5.97 Å². The molecule has 0 fully saturated rings. The van der Waals surface area contributed by atoms with E-state index in [1.165, 1.54) is 161 Å². The molecule has 9 heteroatoms. The van der Waals surface area contributed by atoms with Gasteiger partial charge in [0.05, 0.1) is 34.4 Å². The molecule has 0 amide bonds. The second-order valence-electron chi connectivity index (χ2n) is 16.4. The van der Waals surface area contributed by atoms with E-state index in [9.17, 15) is 14.3 Å². The number of carbonyl (C=O) groups is 1. The van der Waals surface area contributed by atoms with Crippen LogP contribution in [0.5, 0.6) is 0 Å². The largest absolute Gasteiger partial charge is 0.756 e. The van der Waals surface area contributed by atoms with Crippen molar-refractivity contribution in [1.29, 1.82) is 0 Å². The number of unbranched alkanes of at least 4 members (excludes halogenated alkanes) is 28. The van der Waals surface area contributed by atoms with Crippen LogP contribution in [0, 0.1) is 0 Å². The highest BCUT2D eigenvalue weighted by molar-refractivity contribution is 7.45. The number of esters is 1. The number of rotatable bonds is 42. The summed E-state index contributed by atoms with van der Waals surface area (Å²) in [6, 6.07) is 0. The summed E-state index contributed by atoms with van der Waals surface area (Å²) in [5.74, 6) is -0.328. The van der Waals surface area contributed by atoms with E-state index in [2.05, 4.69) is 13.8 Å². The predicted molar refractivity (Wildman–Crippen MR) is 218 cm³/mol. The number of likely N-dealkylation sites (N-methyl/N-ethyl adjacent to an activating group) is 1. The van der Waals surface area contributed by atoms with Crippen molar-refractivity contribution in [3.63, 3.8) is 0 Å². The summed E-state index contributed by atoms with van der Waals surface area (Å²) in [5, 5.41) is 0. The zero-order chi connectivity index (χ0) is 38.4. The van der Waals surface area contributed by atoms with Gasteiger partial charge in [0, 0.05) is 13.0 Å². The van der Waals surface area contributed by atoms with E-state index in [0.717, 1.165) is 32.1 Å². The predicted octanol–water partition coefficient (Wildman–Crippen LogP) is 12.3. The van der Waals surface area contributed by atoms with Gasteiger partial charge in [-0.25, -0.2) is 0 Å². The SMILES string of the molecule is CCCCCCCCCCCCCCCCCOCC(COP(=O)([O-])OCC[N+](C)(C)C)OC(=O)CCCCCCCCCCCCCCCCC. The number of hydrogen-bond donors (Lipinski definition) is 0. The van der Waals surface area contributed by atoms with E-state index in [0.29, 0.717) is 24.1 Å². The van der Waals surface area contributed by atoms with E-state index in [-0.39, 0.29) is 25.8 Å². The Balaban J connectivity index is 4.18. The zero-order valence-corrected chi connectivity index (χ0v) is 36.2. The third-order valence-corrected chi connectivity index (χ3v) is 10.9. The third kappa shape index (κ3) is 40.7. The molecule has 0 saturated heterocycles. The Hall–Kier alpha value is -0.500. The van der Waals surface area contributed by atoms with Crippen molar-refractivity contribution < 1.29 is 37.3 Å². The summed E-state index contributed by atoms with van der Waals surface area (Å²) in [7, 11) is 1.37. The molecule has 0 radical (unpaired) electrons. The maximum atomic E-state index is 12.7. The molecule has 0 rings (SSSR count). The molecule has 2 unspecified atom stereocenters. The van der Waals surface area contributed by atoms with Gasteiger partial charge in [-0.1, -0.05) is 194 Å². The molecule has 0 aromatic rings. The second kappa shape index (κ2) is 37.4. The fourth-order valence-corrected chi connectivity index (χ4v) is 7.16. The van der Waals surface area contributed by atoms with E-state index in [1.54, 1.807) is 0 Å². The molecule has 0 aromatic carbocycles. The Kier molecular flexibility index (Phi) is 37.1. The van der Waals surface area contributed by atoms with Crippen LogP contribution in [0.2, 0.25) is 0 Å². The summed E-state index contributed by atoms with van der Waals surface area (Å²) in [5.41, 5.74) is 0. The van der Waals surface area contributed by atoms with Crippen LogP contribution in [-0.4, -0.2) is 70.7 Å². The summed E-state index contributed by atoms with van der Waals surface area (Å²) in [6.45, 7) is 5.47. The van der Waals surface area contributed by atoms with Crippen molar-refractivity contribution in [2.75, 3.05) is 54.1 Å². The number of hydrogen-bond acceptors (Lipinski definition) is 7. The highest BCUT2D eigenvalue weighted by Crippen LogP contribution is 2.38. The lowest BCUT2D eigenvalue weighted by Gasteiger charge is -2.28. The van der Waals surface area contributed by atoms with Crippen LogP contribution in [0.1, 0.15) is 213 Å². The van der Waals surface area contributed by atoms with Crippen LogP contribution in [0.3, 0.4) is 0 Å². The smallest absolute Gasteiger partial charge is 0.306 e. The Morgan fingerprint density at radius 1 is 0.519 bits per heavy atom. The molecular weight excluding hydrogens is 673 g/mol. The standard InChI is InChI=1S/C43H88NO7P/c1-6-8-10-12-14-16-18-20-22-24-26-28-30-32-34-36-43(45)51-42(41-50-52(46,47)49-39-37-44(3,4)5)40-48-38-35-33-31-29-27-25-23-21-19-17-15-13-11-9-7-2/h42H,6-41H2,1-5H3. The molecule has 0 aliphatic heterocycles. The molecule has 0 N–H and O–H groups in total. The van der Waals surface area contributed by atoms with Gasteiger partial charge in [-0.05, 0) is 12.8 Å². The van der Waals surface area contributed by atoms with Gasteiger partial charge in [-0.3, -0.25) is 9.36 Å². The molecule has 8 nitrogen and oxygen atoms in total. The minimum atomic E-state index is -4.51. The van der Waals surface area contributed by atoms with E-state index >= 15 is 0 Å². The summed E-state index contributed by atoms with van der Waals surface area (Å²) in [6.07, 6.45) is 38.2. The molecular formula is C43H88NO7P. The lowest BCUT2D eigenvalue weighted by atomic mass is 10.0. The first-order chi connectivity index (χ1) is 25.1. The number of nitrogens with zero attached hydrogens (tertiary/aromatic N) is 1. The molecule has 2 atom stereocenters. The number of carbonyl (C=O) groups excluding carboxylic acids is 1. The lowest BCUT2D eigenvalue weighted by Crippen LogP contribution is -2.37. The van der Waals surface area contributed by atoms with E-state index in [4.69, 9.17) is 18.5 Å². The molecule has 0 aliphatic carbocycles. The highest BCUT2D eigenvalue weighted by atomic mass is 31.2. The normalized spacial score (nSPS) is 13.7. The highest BCUT2D eigenvalue weighted by Gasteiger charge is 2.20. The van der Waals surface area contributed by atoms with Gasteiger partial charge in [0.15, 0.2) is 0 Å². The molecule has 0 aliphatic rings. The second-order valence-corrected chi connectivity index (χ2v) is 17.8. The van der Waals surface area contributed by atoms with Crippen LogP contribution in [-0.2, 0) is 27.9 Å². The van der Waals surface area contributed by atoms with Crippen molar-refractivity contribution in [3.05, 3.63) is 0 Å². The fourth-order valence-electron chi connectivity index (χ4n) is 6.43. The number of phosphoric ester groups is 1. The number of quaternary nitrogens is 1. The van der Waals surface area contributed by atoms with Crippen molar-refractivity contribution in [2.24, 2.45) is 0 Å². The van der Waals surface area contributed by atoms with Crippen LogP contribution in [0.25, 0.3) is 0 Å². The Morgan fingerprint density at radius 2 is 0.885 bits per heavy atom. The molecule has 0 spiro atoms. The summed E-state index contributed by atoms with van der Waals surface area (Å²) < 4.78 is 34.6. The summed E-state index contributed by atoms with van der Waals surface area (Å²) >= 11 is 0. The van der Waals surface area contributed by atoms with Crippen LogP contribution in [0.15, 0.2) is 0 Å². The lowest BCUT2D eigenvalue weighted by molar-refractivity contribution is -0.870. The molecule has 312 valence electrons. The first-order valence-electron chi connectivity index (χ1n) is 22.3. The topological polar surface area (TPSA) is 94.1 Å². The number of phosphoric acid groups is 1. The molecule has 52 heavy (non-hydrogen) atoms. The van der Waals surface area contributed by atoms with Crippen molar-refractivity contribution in [1.82, 2.24) is 0 Å². The van der Waals surface area contributed by atoms with Crippen LogP contribution >= 0.6 is 7.82 Å². The third-order valence-electron chi connectivity index (χ3n) is 9.91. The average molecular weight is 762 g/mol. The molecule has 0 saturated carbocycles. The van der Waals surface area contributed by atoms with Crippen molar-refractivity contribution in [2.45, 2.75) is 219 Å². The molecule has 0 aromatic heterocycles. The first-order valence-corrected chi connectivity index (χ1v) is 23.7.